The summed E-state index contributed by atoms with van der Waals surface area (Å²) >= 11 is 6.62. The molecule has 0 atom stereocenters. The number of hydrogen-bond donors (Lipinski definition) is 1. The van der Waals surface area contributed by atoms with Gasteiger partial charge in [0, 0.05) is 48.1 Å². The summed E-state index contributed by atoms with van der Waals surface area (Å²) in [5.74, 6) is 1.67. The summed E-state index contributed by atoms with van der Waals surface area (Å²) in [6.07, 6.45) is 6.91. The summed E-state index contributed by atoms with van der Waals surface area (Å²) in [5.41, 5.74) is 3.32. The highest BCUT2D eigenvalue weighted by Gasteiger charge is 2.22. The number of morpholine rings is 1. The number of benzene rings is 2. The van der Waals surface area contributed by atoms with E-state index >= 15 is 0 Å². The Bertz CT molecular complexity index is 1690. The maximum atomic E-state index is 13.1. The summed E-state index contributed by atoms with van der Waals surface area (Å²) < 4.78 is 45.4. The third-order valence-electron chi connectivity index (χ3n) is 7.54. The molecular formula is C30H34ClN5O5S. The topological polar surface area (TPSA) is 108 Å². The average Bonchev–Trinajstić information content (AvgIpc) is 3.39. The third kappa shape index (κ3) is 5.99. The second-order valence-electron chi connectivity index (χ2n) is 10.3. The van der Waals surface area contributed by atoms with E-state index in [0.717, 1.165) is 55.9 Å². The highest BCUT2D eigenvalue weighted by atomic mass is 35.5. The smallest absolute Gasteiger partial charge is 0.238 e. The number of halogens is 1. The maximum absolute atomic E-state index is 13.1. The minimum atomic E-state index is -3.61. The van der Waals surface area contributed by atoms with E-state index in [9.17, 15) is 8.42 Å². The van der Waals surface area contributed by atoms with Crippen LogP contribution in [0.15, 0.2) is 48.8 Å². The molecule has 1 N–H and O–H groups in total. The summed E-state index contributed by atoms with van der Waals surface area (Å²) in [7, 11) is -3.61. The minimum Gasteiger partial charge on any atom is -0.494 e. The quantitative estimate of drug-likeness (QED) is 0.305. The van der Waals surface area contributed by atoms with Crippen LogP contribution in [0.1, 0.15) is 32.6 Å². The Morgan fingerprint density at radius 2 is 1.76 bits per heavy atom. The molecule has 0 aliphatic carbocycles. The Balaban J connectivity index is 1.43. The molecule has 2 aromatic heterocycles. The van der Waals surface area contributed by atoms with Crippen LogP contribution in [0.2, 0.25) is 5.02 Å². The van der Waals surface area contributed by atoms with Crippen LogP contribution in [-0.4, -0.2) is 67.6 Å². The molecule has 3 aliphatic heterocycles. The van der Waals surface area contributed by atoms with Crippen LogP contribution in [0.3, 0.4) is 0 Å². The van der Waals surface area contributed by atoms with Crippen molar-refractivity contribution in [3.63, 3.8) is 0 Å². The lowest BCUT2D eigenvalue weighted by molar-refractivity contribution is 0.122. The lowest BCUT2D eigenvalue weighted by atomic mass is 10.1. The van der Waals surface area contributed by atoms with Crippen LogP contribution < -0.4 is 19.7 Å². The van der Waals surface area contributed by atoms with Crippen molar-refractivity contribution in [3.05, 3.63) is 53.8 Å². The Hall–Kier alpha value is -3.54. The van der Waals surface area contributed by atoms with Crippen molar-refractivity contribution < 1.29 is 22.6 Å². The molecule has 0 unspecified atom stereocenters. The minimum absolute atomic E-state index is 0.0591. The first kappa shape index (κ1) is 28.6. The van der Waals surface area contributed by atoms with E-state index in [-0.39, 0.29) is 5.75 Å². The molecule has 1 saturated heterocycles. The normalized spacial score (nSPS) is 16.6. The van der Waals surface area contributed by atoms with Crippen LogP contribution in [0.5, 0.6) is 11.5 Å². The van der Waals surface area contributed by atoms with Crippen LogP contribution in [0.4, 0.5) is 17.3 Å². The van der Waals surface area contributed by atoms with E-state index in [4.69, 9.17) is 30.8 Å². The summed E-state index contributed by atoms with van der Waals surface area (Å²) in [6, 6.07) is 11.5. The van der Waals surface area contributed by atoms with Crippen molar-refractivity contribution >= 4 is 49.9 Å². The van der Waals surface area contributed by atoms with E-state index in [1.165, 1.54) is 10.2 Å². The zero-order valence-electron chi connectivity index (χ0n) is 23.5. The Morgan fingerprint density at radius 1 is 0.976 bits per heavy atom. The van der Waals surface area contributed by atoms with Crippen molar-refractivity contribution in [2.75, 3.05) is 55.5 Å². The van der Waals surface area contributed by atoms with Gasteiger partial charge in [-0.15, -0.1) is 0 Å². The van der Waals surface area contributed by atoms with Crippen LogP contribution in [-0.2, 0) is 14.8 Å². The van der Waals surface area contributed by atoms with Gasteiger partial charge in [0.25, 0.3) is 0 Å². The first-order valence-corrected chi connectivity index (χ1v) is 16.3. The highest BCUT2D eigenvalue weighted by molar-refractivity contribution is 7.90. The third-order valence-corrected chi connectivity index (χ3v) is 9.45. The molecule has 222 valence electrons. The first-order valence-electron chi connectivity index (χ1n) is 14.3. The second-order valence-corrected chi connectivity index (χ2v) is 12.9. The van der Waals surface area contributed by atoms with Crippen molar-refractivity contribution in [2.45, 2.75) is 32.6 Å². The van der Waals surface area contributed by atoms with E-state index < -0.39 is 10.0 Å². The van der Waals surface area contributed by atoms with Gasteiger partial charge in [-0.05, 0) is 56.9 Å². The lowest BCUT2D eigenvalue weighted by Crippen LogP contribution is -2.36. The molecule has 42 heavy (non-hydrogen) atoms. The molecule has 1 fully saturated rings. The van der Waals surface area contributed by atoms with E-state index in [2.05, 4.69) is 15.2 Å². The molecule has 5 heterocycles. The number of nitrogens with zero attached hydrogens (tertiary/aromatic N) is 4. The fourth-order valence-corrected chi connectivity index (χ4v) is 6.46. The van der Waals surface area contributed by atoms with E-state index in [0.29, 0.717) is 65.3 Å². The predicted molar refractivity (Wildman–Crippen MR) is 165 cm³/mol. The molecule has 0 radical (unpaired) electrons. The number of aromatic nitrogens is 3. The van der Waals surface area contributed by atoms with Crippen molar-refractivity contribution in [1.29, 1.82) is 0 Å². The highest BCUT2D eigenvalue weighted by Crippen LogP contribution is 2.38. The van der Waals surface area contributed by atoms with Gasteiger partial charge in [-0.1, -0.05) is 11.6 Å². The summed E-state index contributed by atoms with van der Waals surface area (Å²) in [5, 5.41) is 4.30. The van der Waals surface area contributed by atoms with Crippen molar-refractivity contribution in [3.8, 4) is 22.8 Å². The zero-order chi connectivity index (χ0) is 29.1. The second kappa shape index (κ2) is 12.4. The number of hydrogen-bond acceptors (Lipinski definition) is 9. The van der Waals surface area contributed by atoms with Crippen LogP contribution >= 0.6 is 11.6 Å². The van der Waals surface area contributed by atoms with Gasteiger partial charge in [0.05, 0.1) is 60.3 Å². The van der Waals surface area contributed by atoms with Crippen LogP contribution in [0.25, 0.3) is 22.2 Å². The summed E-state index contributed by atoms with van der Waals surface area (Å²) in [4.78, 5) is 11.4. The molecule has 4 aromatic rings. The van der Waals surface area contributed by atoms with Gasteiger partial charge in [0.2, 0.25) is 16.0 Å². The number of anilines is 3. The summed E-state index contributed by atoms with van der Waals surface area (Å²) in [6.45, 7) is 5.72. The van der Waals surface area contributed by atoms with Gasteiger partial charge >= 0.3 is 0 Å². The van der Waals surface area contributed by atoms with Gasteiger partial charge < -0.3 is 24.4 Å². The van der Waals surface area contributed by atoms with Crippen LogP contribution in [0, 0.1) is 0 Å². The molecule has 12 heteroatoms. The number of fused-ring (bicyclic) bond motifs is 8. The molecule has 0 spiro atoms. The monoisotopic (exact) mass is 611 g/mol. The number of ether oxygens (including phenoxy) is 3. The Labute approximate surface area is 250 Å². The van der Waals surface area contributed by atoms with E-state index in [1.54, 1.807) is 19.2 Å². The predicted octanol–water partition coefficient (Wildman–Crippen LogP) is 5.86. The molecule has 0 amide bonds. The van der Waals surface area contributed by atoms with E-state index in [1.807, 2.05) is 30.3 Å². The van der Waals surface area contributed by atoms with Gasteiger partial charge in [-0.25, -0.2) is 22.4 Å². The number of rotatable bonds is 3. The molecule has 0 saturated carbocycles. The first-order chi connectivity index (χ1) is 20.4. The molecular weight excluding hydrogens is 578 g/mol. The average molecular weight is 612 g/mol. The van der Waals surface area contributed by atoms with Gasteiger partial charge in [-0.3, -0.25) is 0 Å². The van der Waals surface area contributed by atoms with Gasteiger partial charge in [-0.2, -0.15) is 0 Å². The molecule has 8 bridgehead atoms. The standard InChI is InChI=1S/C30H34ClN5O5S/c1-2-42(37,38)36-20-24-23-9-8-22(18-27(23)36)40-13-5-3-4-6-14-41-28-17-21(33-30-32-19-25(31)29(24)34-30)7-10-26(28)35-11-15-39-16-12-35/h7-10,17-20H,2-6,11-16H2,1H3,(H,32,33,34). The van der Waals surface area contributed by atoms with Crippen molar-refractivity contribution in [1.82, 2.24) is 13.9 Å². The van der Waals surface area contributed by atoms with Crippen molar-refractivity contribution in [2.24, 2.45) is 0 Å². The van der Waals surface area contributed by atoms with Gasteiger partial charge in [0.15, 0.2) is 0 Å². The SMILES string of the molecule is CCS(=O)(=O)n1cc2c3ccc(cc31)OCCCCCCOc1cc(ccc1N1CCOCC1)Nc1ncc(Cl)c-2n1. The van der Waals surface area contributed by atoms with Gasteiger partial charge in [0.1, 0.15) is 11.5 Å². The molecule has 7 rings (SSSR count). The molecule has 10 nitrogen and oxygen atoms in total. The Kier molecular flexibility index (Phi) is 8.41. The largest absolute Gasteiger partial charge is 0.494 e. The molecule has 3 aliphatic rings. The molecule has 2 aromatic carbocycles. The fraction of sp³-hybridized carbons (Fsp3) is 0.400. The lowest BCUT2D eigenvalue weighted by Gasteiger charge is -2.30. The maximum Gasteiger partial charge on any atom is 0.238 e. The Morgan fingerprint density at radius 3 is 2.55 bits per heavy atom. The zero-order valence-corrected chi connectivity index (χ0v) is 25.1. The fourth-order valence-electron chi connectivity index (χ4n) is 5.27. The number of nitrogens with one attached hydrogen (secondary N) is 1.